The molecule has 19 heavy (non-hydrogen) atoms. The van der Waals surface area contributed by atoms with E-state index in [2.05, 4.69) is 15.5 Å². The van der Waals surface area contributed by atoms with Crippen LogP contribution in [-0.4, -0.2) is 23.2 Å². The molecule has 1 aromatic carbocycles. The molecule has 0 saturated heterocycles. The minimum Gasteiger partial charge on any atom is -0.496 e. The molecule has 0 bridgehead atoms. The van der Waals surface area contributed by atoms with E-state index in [1.165, 1.54) is 6.20 Å². The SMILES string of the molecule is COc1ccccc1C1(NC(=O)c2cn[nH]c2)CC1. The van der Waals surface area contributed by atoms with Gasteiger partial charge in [-0.3, -0.25) is 9.89 Å². The van der Waals surface area contributed by atoms with E-state index < -0.39 is 0 Å². The van der Waals surface area contributed by atoms with Crippen LogP contribution in [0.2, 0.25) is 0 Å². The molecule has 2 aromatic rings. The van der Waals surface area contributed by atoms with Crippen LogP contribution < -0.4 is 10.1 Å². The number of methoxy groups -OCH3 is 1. The van der Waals surface area contributed by atoms with Crippen LogP contribution in [0.1, 0.15) is 28.8 Å². The summed E-state index contributed by atoms with van der Waals surface area (Å²) in [5.41, 5.74) is 1.29. The maximum Gasteiger partial charge on any atom is 0.255 e. The van der Waals surface area contributed by atoms with Gasteiger partial charge >= 0.3 is 0 Å². The van der Waals surface area contributed by atoms with Crippen molar-refractivity contribution < 1.29 is 9.53 Å². The van der Waals surface area contributed by atoms with E-state index in [1.54, 1.807) is 13.3 Å². The number of H-pyrrole nitrogens is 1. The topological polar surface area (TPSA) is 67.0 Å². The van der Waals surface area contributed by atoms with E-state index in [1.807, 2.05) is 24.3 Å². The molecule has 1 aliphatic carbocycles. The van der Waals surface area contributed by atoms with Crippen LogP contribution in [0.3, 0.4) is 0 Å². The quantitative estimate of drug-likeness (QED) is 0.878. The van der Waals surface area contributed by atoms with Crippen molar-refractivity contribution in [3.63, 3.8) is 0 Å². The largest absolute Gasteiger partial charge is 0.496 e. The lowest BCUT2D eigenvalue weighted by molar-refractivity contribution is 0.0930. The molecule has 0 spiro atoms. The zero-order chi connectivity index (χ0) is 13.3. The molecule has 2 N–H and O–H groups in total. The second kappa shape index (κ2) is 4.42. The Balaban J connectivity index is 1.86. The number of hydrogen-bond acceptors (Lipinski definition) is 3. The molecule has 5 nitrogen and oxygen atoms in total. The third kappa shape index (κ3) is 2.07. The number of carbonyl (C=O) groups excluding carboxylic acids is 1. The molecule has 5 heteroatoms. The fourth-order valence-electron chi connectivity index (χ4n) is 2.29. The lowest BCUT2D eigenvalue weighted by atomic mass is 10.0. The van der Waals surface area contributed by atoms with Crippen LogP contribution in [0.5, 0.6) is 5.75 Å². The first-order chi connectivity index (χ1) is 9.25. The molecule has 0 radical (unpaired) electrons. The number of amides is 1. The number of aromatic nitrogens is 2. The Bertz CT molecular complexity index is 588. The maximum atomic E-state index is 12.1. The summed E-state index contributed by atoms with van der Waals surface area (Å²) in [6.45, 7) is 0. The molecule has 1 fully saturated rings. The number of benzene rings is 1. The van der Waals surface area contributed by atoms with E-state index in [-0.39, 0.29) is 11.4 Å². The van der Waals surface area contributed by atoms with Gasteiger partial charge in [-0.1, -0.05) is 18.2 Å². The Morgan fingerprint density at radius 1 is 1.42 bits per heavy atom. The van der Waals surface area contributed by atoms with Gasteiger partial charge in [0.05, 0.1) is 24.4 Å². The summed E-state index contributed by atoms with van der Waals surface area (Å²) in [7, 11) is 1.65. The Hall–Kier alpha value is -2.30. The molecule has 1 amide bonds. The van der Waals surface area contributed by atoms with Crippen LogP contribution in [0.25, 0.3) is 0 Å². The van der Waals surface area contributed by atoms with Gasteiger partial charge in [-0.05, 0) is 18.9 Å². The summed E-state index contributed by atoms with van der Waals surface area (Å²) < 4.78 is 5.37. The molecule has 0 atom stereocenters. The number of ether oxygens (including phenoxy) is 1. The van der Waals surface area contributed by atoms with Crippen molar-refractivity contribution in [3.8, 4) is 5.75 Å². The molecule has 1 saturated carbocycles. The third-order valence-corrected chi connectivity index (χ3v) is 3.49. The number of para-hydroxylation sites is 1. The number of aromatic amines is 1. The normalized spacial score (nSPS) is 15.8. The van der Waals surface area contributed by atoms with Crippen molar-refractivity contribution in [1.29, 1.82) is 0 Å². The molecule has 3 rings (SSSR count). The van der Waals surface area contributed by atoms with Gasteiger partial charge < -0.3 is 10.1 Å². The van der Waals surface area contributed by atoms with Crippen LogP contribution in [0, 0.1) is 0 Å². The van der Waals surface area contributed by atoms with E-state index in [4.69, 9.17) is 4.74 Å². The first-order valence-electron chi connectivity index (χ1n) is 6.20. The zero-order valence-electron chi connectivity index (χ0n) is 10.6. The maximum absolute atomic E-state index is 12.1. The summed E-state index contributed by atoms with van der Waals surface area (Å²) in [6, 6.07) is 7.80. The van der Waals surface area contributed by atoms with Crippen molar-refractivity contribution in [2.24, 2.45) is 0 Å². The van der Waals surface area contributed by atoms with Gasteiger partial charge in [-0.15, -0.1) is 0 Å². The Labute approximate surface area is 111 Å². The minimum atomic E-state index is -0.291. The van der Waals surface area contributed by atoms with Crippen molar-refractivity contribution in [2.75, 3.05) is 7.11 Å². The molecular formula is C14H15N3O2. The summed E-state index contributed by atoms with van der Waals surface area (Å²) >= 11 is 0. The van der Waals surface area contributed by atoms with Crippen molar-refractivity contribution in [3.05, 3.63) is 47.8 Å². The first-order valence-corrected chi connectivity index (χ1v) is 6.20. The minimum absolute atomic E-state index is 0.114. The fourth-order valence-corrected chi connectivity index (χ4v) is 2.29. The predicted octanol–water partition coefficient (Wildman–Crippen LogP) is 1.84. The Kier molecular flexibility index (Phi) is 2.74. The second-order valence-electron chi connectivity index (χ2n) is 4.72. The smallest absolute Gasteiger partial charge is 0.255 e. The van der Waals surface area contributed by atoms with Gasteiger partial charge in [0.25, 0.3) is 5.91 Å². The highest BCUT2D eigenvalue weighted by Gasteiger charge is 2.47. The summed E-state index contributed by atoms with van der Waals surface area (Å²) in [5.74, 6) is 0.699. The van der Waals surface area contributed by atoms with E-state index >= 15 is 0 Å². The van der Waals surface area contributed by atoms with Gasteiger partial charge in [-0.2, -0.15) is 5.10 Å². The predicted molar refractivity (Wildman–Crippen MR) is 70.0 cm³/mol. The number of nitrogens with one attached hydrogen (secondary N) is 2. The van der Waals surface area contributed by atoms with Gasteiger partial charge in [0.1, 0.15) is 5.75 Å². The van der Waals surface area contributed by atoms with Crippen LogP contribution >= 0.6 is 0 Å². The van der Waals surface area contributed by atoms with Crippen molar-refractivity contribution in [2.45, 2.75) is 18.4 Å². The monoisotopic (exact) mass is 257 g/mol. The molecule has 1 heterocycles. The Morgan fingerprint density at radius 3 is 2.84 bits per heavy atom. The van der Waals surface area contributed by atoms with Gasteiger partial charge in [0.2, 0.25) is 0 Å². The zero-order valence-corrected chi connectivity index (χ0v) is 10.6. The first kappa shape index (κ1) is 11.8. The summed E-state index contributed by atoms with van der Waals surface area (Å²) in [5, 5.41) is 9.52. The molecular weight excluding hydrogens is 242 g/mol. The fraction of sp³-hybridized carbons (Fsp3) is 0.286. The molecule has 0 aliphatic heterocycles. The van der Waals surface area contributed by atoms with Crippen molar-refractivity contribution in [1.82, 2.24) is 15.5 Å². The summed E-state index contributed by atoms with van der Waals surface area (Å²) in [6.07, 6.45) is 4.97. The van der Waals surface area contributed by atoms with Gasteiger partial charge in [0, 0.05) is 11.8 Å². The highest BCUT2D eigenvalue weighted by Crippen LogP contribution is 2.48. The van der Waals surface area contributed by atoms with Crippen molar-refractivity contribution >= 4 is 5.91 Å². The lowest BCUT2D eigenvalue weighted by Gasteiger charge is -2.20. The number of carbonyl (C=O) groups is 1. The molecule has 1 aliphatic rings. The van der Waals surface area contributed by atoms with Crippen LogP contribution in [0.15, 0.2) is 36.7 Å². The second-order valence-corrected chi connectivity index (χ2v) is 4.72. The number of rotatable bonds is 4. The van der Waals surface area contributed by atoms with E-state index in [9.17, 15) is 4.79 Å². The highest BCUT2D eigenvalue weighted by molar-refractivity contribution is 5.94. The number of nitrogens with zero attached hydrogens (tertiary/aromatic N) is 1. The lowest BCUT2D eigenvalue weighted by Crippen LogP contribution is -2.34. The van der Waals surface area contributed by atoms with E-state index in [0.717, 1.165) is 24.2 Å². The summed E-state index contributed by atoms with van der Waals surface area (Å²) in [4.78, 5) is 12.1. The van der Waals surface area contributed by atoms with Gasteiger partial charge in [0.15, 0.2) is 0 Å². The molecule has 98 valence electrons. The standard InChI is InChI=1S/C14H15N3O2/c1-19-12-5-3-2-4-11(12)14(6-7-14)17-13(18)10-8-15-16-9-10/h2-5,8-9H,6-7H2,1H3,(H,15,16)(H,17,18). The average molecular weight is 257 g/mol. The third-order valence-electron chi connectivity index (χ3n) is 3.49. The molecule has 1 aromatic heterocycles. The van der Waals surface area contributed by atoms with Gasteiger partial charge in [-0.25, -0.2) is 0 Å². The number of hydrogen-bond donors (Lipinski definition) is 2. The average Bonchev–Trinajstić information content (AvgIpc) is 3.01. The Morgan fingerprint density at radius 2 is 2.21 bits per heavy atom. The van der Waals surface area contributed by atoms with E-state index in [0.29, 0.717) is 5.56 Å². The molecule has 0 unspecified atom stereocenters. The van der Waals surface area contributed by atoms with Crippen LogP contribution in [-0.2, 0) is 5.54 Å². The van der Waals surface area contributed by atoms with Crippen LogP contribution in [0.4, 0.5) is 0 Å². The highest BCUT2D eigenvalue weighted by atomic mass is 16.5.